The number of carbonyl (C=O) groups excluding carboxylic acids is 1. The minimum atomic E-state index is -0.873. The van der Waals surface area contributed by atoms with E-state index in [-0.39, 0.29) is 18.4 Å². The summed E-state index contributed by atoms with van der Waals surface area (Å²) in [7, 11) is 0. The Morgan fingerprint density at radius 3 is 3.06 bits per heavy atom. The molecular weight excluding hydrogens is 242 g/mol. The minimum Gasteiger partial charge on any atom is -0.481 e. The molecule has 1 aliphatic heterocycles. The van der Waals surface area contributed by atoms with Gasteiger partial charge in [0.25, 0.3) is 5.91 Å². The van der Waals surface area contributed by atoms with Crippen LogP contribution in [0.5, 0.6) is 0 Å². The summed E-state index contributed by atoms with van der Waals surface area (Å²) in [6.45, 7) is 0.590. The average Bonchev–Trinajstić information content (AvgIpc) is 2.81. The summed E-state index contributed by atoms with van der Waals surface area (Å²) in [5.74, 6) is 0.503. The maximum Gasteiger partial charge on any atom is 0.305 e. The average molecular weight is 255 g/mol. The fourth-order valence-electron chi connectivity index (χ4n) is 1.84. The number of amides is 1. The number of thioether (sulfide) groups is 1. The van der Waals surface area contributed by atoms with Crippen LogP contribution in [0.25, 0.3) is 0 Å². The molecule has 1 fully saturated rings. The van der Waals surface area contributed by atoms with Crippen LogP contribution in [0.2, 0.25) is 0 Å². The molecule has 1 unspecified atom stereocenters. The van der Waals surface area contributed by atoms with Gasteiger partial charge in [0.05, 0.1) is 24.3 Å². The van der Waals surface area contributed by atoms with E-state index in [1.54, 1.807) is 22.7 Å². The van der Waals surface area contributed by atoms with Crippen LogP contribution in [0.15, 0.2) is 23.0 Å². The van der Waals surface area contributed by atoms with Crippen LogP contribution < -0.4 is 0 Å². The molecule has 1 N–H and O–H groups in total. The molecule has 17 heavy (non-hydrogen) atoms. The molecule has 1 aliphatic rings. The quantitative estimate of drug-likeness (QED) is 0.881. The normalized spacial score (nSPS) is 20.2. The molecule has 6 heteroatoms. The standard InChI is InChI=1S/C11H13NO4S/c13-10(14)5-9-7-17-4-2-12(9)11(15)8-1-3-16-6-8/h1,3,6,9H,2,4-5,7H2,(H,13,14). The number of furan rings is 1. The molecule has 0 aliphatic carbocycles. The largest absolute Gasteiger partial charge is 0.481 e. The smallest absolute Gasteiger partial charge is 0.305 e. The van der Waals surface area contributed by atoms with E-state index >= 15 is 0 Å². The van der Waals surface area contributed by atoms with Crippen molar-refractivity contribution in [2.45, 2.75) is 12.5 Å². The summed E-state index contributed by atoms with van der Waals surface area (Å²) in [5, 5.41) is 8.83. The van der Waals surface area contributed by atoms with Gasteiger partial charge in [-0.3, -0.25) is 9.59 Å². The van der Waals surface area contributed by atoms with Gasteiger partial charge < -0.3 is 14.4 Å². The number of carboxylic acids is 1. The van der Waals surface area contributed by atoms with E-state index in [0.717, 1.165) is 5.75 Å². The Kier molecular flexibility index (Phi) is 3.73. The Labute approximate surface area is 103 Å². The molecular formula is C11H13NO4S. The third-order valence-corrected chi connectivity index (χ3v) is 3.76. The van der Waals surface area contributed by atoms with Gasteiger partial charge in [0.2, 0.25) is 0 Å². The van der Waals surface area contributed by atoms with Crippen molar-refractivity contribution in [3.8, 4) is 0 Å². The highest BCUT2D eigenvalue weighted by Gasteiger charge is 2.29. The Morgan fingerprint density at radius 2 is 2.41 bits per heavy atom. The molecule has 0 spiro atoms. The van der Waals surface area contributed by atoms with Crippen LogP contribution in [0.4, 0.5) is 0 Å². The van der Waals surface area contributed by atoms with Crippen LogP contribution in [-0.2, 0) is 4.79 Å². The van der Waals surface area contributed by atoms with Crippen molar-refractivity contribution < 1.29 is 19.1 Å². The molecule has 2 rings (SSSR count). The van der Waals surface area contributed by atoms with Crippen LogP contribution in [-0.4, -0.2) is 46.0 Å². The van der Waals surface area contributed by atoms with E-state index in [9.17, 15) is 9.59 Å². The Bertz CT molecular complexity index is 404. The maximum absolute atomic E-state index is 12.1. The van der Waals surface area contributed by atoms with E-state index in [4.69, 9.17) is 9.52 Å². The highest BCUT2D eigenvalue weighted by molar-refractivity contribution is 7.99. The first-order chi connectivity index (χ1) is 8.18. The van der Waals surface area contributed by atoms with Crippen molar-refractivity contribution in [1.29, 1.82) is 0 Å². The highest BCUT2D eigenvalue weighted by Crippen LogP contribution is 2.21. The van der Waals surface area contributed by atoms with E-state index in [1.165, 1.54) is 12.5 Å². The van der Waals surface area contributed by atoms with E-state index < -0.39 is 5.97 Å². The number of nitrogens with zero attached hydrogens (tertiary/aromatic N) is 1. The van der Waals surface area contributed by atoms with Crippen LogP contribution in [0.3, 0.4) is 0 Å². The molecule has 1 aromatic rings. The SMILES string of the molecule is O=C(O)CC1CSCCN1C(=O)c1ccoc1. The number of hydrogen-bond acceptors (Lipinski definition) is 4. The molecule has 0 aromatic carbocycles. The number of rotatable bonds is 3. The van der Waals surface area contributed by atoms with Crippen LogP contribution in [0.1, 0.15) is 16.8 Å². The molecule has 92 valence electrons. The van der Waals surface area contributed by atoms with Crippen molar-refractivity contribution in [3.63, 3.8) is 0 Å². The molecule has 5 nitrogen and oxygen atoms in total. The zero-order valence-corrected chi connectivity index (χ0v) is 9.98. The topological polar surface area (TPSA) is 70.8 Å². The third-order valence-electron chi connectivity index (χ3n) is 2.67. The van der Waals surface area contributed by atoms with Gasteiger partial charge in [-0.1, -0.05) is 0 Å². The Hall–Kier alpha value is -1.43. The summed E-state index contributed by atoms with van der Waals surface area (Å²) < 4.78 is 4.87. The van der Waals surface area contributed by atoms with Gasteiger partial charge in [-0.05, 0) is 6.07 Å². The first kappa shape index (κ1) is 12.0. The first-order valence-electron chi connectivity index (χ1n) is 5.31. The van der Waals surface area contributed by atoms with Crippen molar-refractivity contribution in [3.05, 3.63) is 24.2 Å². The van der Waals surface area contributed by atoms with Crippen molar-refractivity contribution >= 4 is 23.6 Å². The number of hydrogen-bond donors (Lipinski definition) is 1. The zero-order valence-electron chi connectivity index (χ0n) is 9.17. The lowest BCUT2D eigenvalue weighted by Gasteiger charge is -2.34. The first-order valence-corrected chi connectivity index (χ1v) is 6.46. The van der Waals surface area contributed by atoms with Crippen LogP contribution in [0, 0.1) is 0 Å². The predicted octanol–water partition coefficient (Wildman–Crippen LogP) is 1.31. The minimum absolute atomic E-state index is 0.00338. The highest BCUT2D eigenvalue weighted by atomic mass is 32.2. The molecule has 2 heterocycles. The molecule has 1 atom stereocenters. The molecule has 1 amide bonds. The molecule has 1 saturated heterocycles. The second-order valence-corrected chi connectivity index (χ2v) is 4.99. The van der Waals surface area contributed by atoms with Gasteiger partial charge in [0.15, 0.2) is 0 Å². The van der Waals surface area contributed by atoms with E-state index in [0.29, 0.717) is 17.9 Å². The van der Waals surface area contributed by atoms with Gasteiger partial charge in [0, 0.05) is 18.1 Å². The summed E-state index contributed by atoms with van der Waals surface area (Å²) >= 11 is 1.68. The van der Waals surface area contributed by atoms with E-state index in [1.807, 2.05) is 0 Å². The van der Waals surface area contributed by atoms with Gasteiger partial charge in [-0.2, -0.15) is 11.8 Å². The van der Waals surface area contributed by atoms with Gasteiger partial charge in [-0.25, -0.2) is 0 Å². The second kappa shape index (κ2) is 5.27. The summed E-state index contributed by atoms with van der Waals surface area (Å²) in [6.07, 6.45) is 2.83. The number of carbonyl (C=O) groups is 2. The number of aliphatic carboxylic acids is 1. The van der Waals surface area contributed by atoms with Gasteiger partial charge in [-0.15, -0.1) is 0 Å². The van der Waals surface area contributed by atoms with Gasteiger partial charge >= 0.3 is 5.97 Å². The monoisotopic (exact) mass is 255 g/mol. The molecule has 1 aromatic heterocycles. The Balaban J connectivity index is 2.10. The van der Waals surface area contributed by atoms with Crippen molar-refractivity contribution in [2.24, 2.45) is 0 Å². The lowest BCUT2D eigenvalue weighted by atomic mass is 10.1. The van der Waals surface area contributed by atoms with E-state index in [2.05, 4.69) is 0 Å². The number of carboxylic acid groups (broad SMARTS) is 1. The van der Waals surface area contributed by atoms with Crippen molar-refractivity contribution in [2.75, 3.05) is 18.1 Å². The maximum atomic E-state index is 12.1. The van der Waals surface area contributed by atoms with Gasteiger partial charge in [0.1, 0.15) is 6.26 Å². The van der Waals surface area contributed by atoms with Crippen molar-refractivity contribution in [1.82, 2.24) is 4.90 Å². The van der Waals surface area contributed by atoms with Crippen LogP contribution >= 0.6 is 11.8 Å². The lowest BCUT2D eigenvalue weighted by Crippen LogP contribution is -2.47. The second-order valence-electron chi connectivity index (χ2n) is 3.84. The lowest BCUT2D eigenvalue weighted by molar-refractivity contribution is -0.138. The summed E-state index contributed by atoms with van der Waals surface area (Å²) in [6, 6.07) is 1.37. The fraction of sp³-hybridized carbons (Fsp3) is 0.455. The molecule has 0 bridgehead atoms. The molecule has 0 saturated carbocycles. The third kappa shape index (κ3) is 2.82. The predicted molar refractivity (Wildman–Crippen MR) is 63.1 cm³/mol. The zero-order chi connectivity index (χ0) is 12.3. The fourth-order valence-corrected chi connectivity index (χ4v) is 2.91. The Morgan fingerprint density at radius 1 is 1.59 bits per heavy atom. The summed E-state index contributed by atoms with van der Waals surface area (Å²) in [4.78, 5) is 24.5. The summed E-state index contributed by atoms with van der Waals surface area (Å²) in [5.41, 5.74) is 0.479. The molecule has 0 radical (unpaired) electrons.